The van der Waals surface area contributed by atoms with Gasteiger partial charge in [0.15, 0.2) is 5.54 Å². The number of carbonyl (C=O) groups excluding carboxylic acids is 3. The Labute approximate surface area is 188 Å². The van der Waals surface area contributed by atoms with E-state index in [2.05, 4.69) is 25.9 Å². The van der Waals surface area contributed by atoms with Crippen LogP contribution in [-0.2, 0) is 16.9 Å². The average Bonchev–Trinajstić information content (AvgIpc) is 3.41. The molecule has 1 aromatic carbocycles. The minimum absolute atomic E-state index is 0.115. The van der Waals surface area contributed by atoms with E-state index < -0.39 is 17.5 Å². The van der Waals surface area contributed by atoms with Crippen molar-refractivity contribution in [1.82, 2.24) is 25.5 Å². The van der Waals surface area contributed by atoms with Crippen molar-refractivity contribution in [2.45, 2.75) is 32.0 Å². The number of benzene rings is 1. The van der Waals surface area contributed by atoms with Gasteiger partial charge in [-0.25, -0.2) is 9.78 Å². The van der Waals surface area contributed by atoms with Crippen molar-refractivity contribution in [2.75, 3.05) is 19.0 Å². The van der Waals surface area contributed by atoms with Crippen LogP contribution in [0.2, 0.25) is 0 Å². The Bertz CT molecular complexity index is 1300. The number of rotatable bonds is 6. The summed E-state index contributed by atoms with van der Waals surface area (Å²) in [4.78, 5) is 48.4. The number of hydrogen-bond donors (Lipinski definition) is 3. The first-order chi connectivity index (χ1) is 15.8. The molecule has 5 rings (SSSR count). The first-order valence-electron chi connectivity index (χ1n) is 10.4. The van der Waals surface area contributed by atoms with Crippen molar-refractivity contribution in [3.63, 3.8) is 0 Å². The van der Waals surface area contributed by atoms with Crippen molar-refractivity contribution >= 4 is 34.9 Å². The van der Waals surface area contributed by atoms with Crippen LogP contribution < -0.4 is 20.7 Å². The summed E-state index contributed by atoms with van der Waals surface area (Å²) in [5, 5.41) is 8.58. The number of nitrogens with zero attached hydrogens (tertiary/aromatic N) is 3. The van der Waals surface area contributed by atoms with E-state index in [9.17, 15) is 14.4 Å². The van der Waals surface area contributed by atoms with E-state index in [4.69, 9.17) is 9.15 Å². The Morgan fingerprint density at radius 3 is 2.79 bits per heavy atom. The lowest BCUT2D eigenvalue weighted by molar-refractivity contribution is -0.125. The van der Waals surface area contributed by atoms with Crippen LogP contribution >= 0.6 is 0 Å². The van der Waals surface area contributed by atoms with Gasteiger partial charge in [0.1, 0.15) is 11.5 Å². The summed E-state index contributed by atoms with van der Waals surface area (Å²) in [6.45, 7) is 4.07. The smallest absolute Gasteiger partial charge is 0.322 e. The van der Waals surface area contributed by atoms with Gasteiger partial charge < -0.3 is 24.7 Å². The summed E-state index contributed by atoms with van der Waals surface area (Å²) in [6, 6.07) is 6.31. The molecule has 2 aromatic heterocycles. The summed E-state index contributed by atoms with van der Waals surface area (Å²) in [7, 11) is 1.53. The van der Waals surface area contributed by atoms with Gasteiger partial charge in [0, 0.05) is 24.3 Å². The normalized spacial score (nSPS) is 19.8. The molecule has 1 unspecified atom stereocenters. The fourth-order valence-electron chi connectivity index (χ4n) is 4.10. The molecule has 3 N–H and O–H groups in total. The molecule has 1 atom stereocenters. The van der Waals surface area contributed by atoms with Gasteiger partial charge >= 0.3 is 6.03 Å². The predicted octanol–water partition coefficient (Wildman–Crippen LogP) is 1.74. The minimum atomic E-state index is -1.61. The fourth-order valence-corrected chi connectivity index (χ4v) is 4.10. The molecular formula is C22H22N6O5. The van der Waals surface area contributed by atoms with Gasteiger partial charge in [0.05, 0.1) is 19.0 Å². The maximum atomic E-state index is 13.1. The molecule has 1 fully saturated rings. The third-order valence-electron chi connectivity index (χ3n) is 5.68. The molecule has 33 heavy (non-hydrogen) atoms. The zero-order chi connectivity index (χ0) is 23.3. The highest BCUT2D eigenvalue weighted by atomic mass is 16.5. The number of urea groups is 1. The third-order valence-corrected chi connectivity index (χ3v) is 5.68. The van der Waals surface area contributed by atoms with Gasteiger partial charge in [-0.05, 0) is 37.6 Å². The number of hydrogen-bond acceptors (Lipinski definition) is 8. The topological polar surface area (TPSA) is 139 Å². The molecule has 0 bridgehead atoms. The second-order valence-corrected chi connectivity index (χ2v) is 8.36. The molecule has 11 heteroatoms. The largest absolute Gasteiger partial charge is 0.497 e. The number of nitrogens with one attached hydrogen (secondary N) is 3. The predicted molar refractivity (Wildman–Crippen MR) is 117 cm³/mol. The van der Waals surface area contributed by atoms with Crippen LogP contribution in [0.5, 0.6) is 5.75 Å². The molecule has 0 spiro atoms. The maximum Gasteiger partial charge on any atom is 0.322 e. The van der Waals surface area contributed by atoms with Crippen LogP contribution in [0.25, 0.3) is 11.1 Å². The molecular weight excluding hydrogens is 428 g/mol. The van der Waals surface area contributed by atoms with E-state index in [0.29, 0.717) is 22.6 Å². The van der Waals surface area contributed by atoms with Crippen LogP contribution in [-0.4, -0.2) is 52.4 Å². The number of fused-ring (bicyclic) bond motifs is 2. The minimum Gasteiger partial charge on any atom is -0.497 e. The van der Waals surface area contributed by atoms with Crippen LogP contribution in [0.3, 0.4) is 0 Å². The van der Waals surface area contributed by atoms with E-state index in [1.165, 1.54) is 12.0 Å². The SMILES string of the molecule is COc1ccc2c(c1)C(=O)N(CC1(c3cc4cnc(NC(C)C)nc4o3)NC(=O)NC1=O)C2. The summed E-state index contributed by atoms with van der Waals surface area (Å²) in [5.74, 6) is 0.231. The lowest BCUT2D eigenvalue weighted by Crippen LogP contribution is -2.52. The molecule has 1 saturated heterocycles. The second-order valence-electron chi connectivity index (χ2n) is 8.36. The second kappa shape index (κ2) is 7.47. The van der Waals surface area contributed by atoms with E-state index in [0.717, 1.165) is 5.56 Å². The number of ether oxygens (including phenoxy) is 1. The first-order valence-corrected chi connectivity index (χ1v) is 10.4. The molecule has 2 aliphatic rings. The Hall–Kier alpha value is -4.15. The van der Waals surface area contributed by atoms with E-state index in [-0.39, 0.29) is 36.5 Å². The number of aromatic nitrogens is 2. The monoisotopic (exact) mass is 450 g/mol. The summed E-state index contributed by atoms with van der Waals surface area (Å²) in [6.07, 6.45) is 1.57. The van der Waals surface area contributed by atoms with Crippen LogP contribution in [0.1, 0.15) is 35.5 Å². The van der Waals surface area contributed by atoms with Crippen LogP contribution in [0.15, 0.2) is 34.9 Å². The highest BCUT2D eigenvalue weighted by Gasteiger charge is 2.53. The quantitative estimate of drug-likeness (QED) is 0.483. The Balaban J connectivity index is 1.52. The van der Waals surface area contributed by atoms with Gasteiger partial charge in [0.2, 0.25) is 11.7 Å². The van der Waals surface area contributed by atoms with Gasteiger partial charge in [0.25, 0.3) is 11.8 Å². The number of furan rings is 1. The van der Waals surface area contributed by atoms with Crippen molar-refractivity contribution in [3.8, 4) is 5.75 Å². The Morgan fingerprint density at radius 2 is 2.09 bits per heavy atom. The Kier molecular flexibility index (Phi) is 4.69. The number of amides is 4. The number of anilines is 1. The lowest BCUT2D eigenvalue weighted by Gasteiger charge is -2.28. The lowest BCUT2D eigenvalue weighted by atomic mass is 9.95. The molecule has 3 aromatic rings. The molecule has 2 aliphatic heterocycles. The van der Waals surface area contributed by atoms with E-state index >= 15 is 0 Å². The van der Waals surface area contributed by atoms with Crippen LogP contribution in [0, 0.1) is 0 Å². The number of methoxy groups -OCH3 is 1. The fraction of sp³-hybridized carbons (Fsp3) is 0.318. The van der Waals surface area contributed by atoms with Crippen molar-refractivity contribution in [2.24, 2.45) is 0 Å². The van der Waals surface area contributed by atoms with Crippen molar-refractivity contribution in [1.29, 1.82) is 0 Å². The van der Waals surface area contributed by atoms with Crippen LogP contribution in [0.4, 0.5) is 10.7 Å². The maximum absolute atomic E-state index is 13.1. The number of carbonyl (C=O) groups is 3. The molecule has 0 saturated carbocycles. The van der Waals surface area contributed by atoms with Gasteiger partial charge in [-0.3, -0.25) is 14.9 Å². The highest BCUT2D eigenvalue weighted by molar-refractivity contribution is 6.08. The third kappa shape index (κ3) is 3.41. The van der Waals surface area contributed by atoms with Gasteiger partial charge in [-0.1, -0.05) is 6.07 Å². The molecule has 4 heterocycles. The zero-order valence-corrected chi connectivity index (χ0v) is 18.3. The molecule has 0 aliphatic carbocycles. The summed E-state index contributed by atoms with van der Waals surface area (Å²) >= 11 is 0. The van der Waals surface area contributed by atoms with E-state index in [1.807, 2.05) is 19.9 Å². The van der Waals surface area contributed by atoms with Crippen molar-refractivity contribution < 1.29 is 23.5 Å². The molecule has 0 radical (unpaired) electrons. The molecule has 4 amide bonds. The van der Waals surface area contributed by atoms with Gasteiger partial charge in [-0.15, -0.1) is 0 Å². The first kappa shape index (κ1) is 20.7. The summed E-state index contributed by atoms with van der Waals surface area (Å²) in [5.41, 5.74) is -0.0440. The number of imide groups is 1. The highest BCUT2D eigenvalue weighted by Crippen LogP contribution is 2.34. The van der Waals surface area contributed by atoms with Crippen molar-refractivity contribution in [3.05, 3.63) is 47.3 Å². The standard InChI is InChI=1S/C22H22N6O5/c1-11(2)24-20-23-8-13-6-16(33-17(13)25-20)22(19(30)26-21(31)27-22)10-28-9-12-4-5-14(32-3)7-15(12)18(28)29/h4-8,11H,9-10H2,1-3H3,(H,23,24,25)(H2,26,27,30,31). The molecule has 170 valence electrons. The van der Waals surface area contributed by atoms with Gasteiger partial charge in [-0.2, -0.15) is 4.98 Å². The molecule has 11 nitrogen and oxygen atoms in total. The average molecular weight is 450 g/mol. The zero-order valence-electron chi connectivity index (χ0n) is 18.3. The summed E-state index contributed by atoms with van der Waals surface area (Å²) < 4.78 is 11.1. The Morgan fingerprint density at radius 1 is 1.27 bits per heavy atom. The van der Waals surface area contributed by atoms with E-state index in [1.54, 1.807) is 24.4 Å².